The van der Waals surface area contributed by atoms with Crippen LogP contribution in [0.15, 0.2) is 17.1 Å². The number of piperidine rings is 1. The van der Waals surface area contributed by atoms with Crippen LogP contribution < -0.4 is 10.6 Å². The molecule has 1 unspecified atom stereocenters. The smallest absolute Gasteiger partial charge is 0.191 e. The maximum Gasteiger partial charge on any atom is 0.191 e. The molecule has 8 heteroatoms. The van der Waals surface area contributed by atoms with Crippen molar-refractivity contribution in [1.82, 2.24) is 15.5 Å². The summed E-state index contributed by atoms with van der Waals surface area (Å²) in [7, 11) is 2.19. The van der Waals surface area contributed by atoms with Crippen LogP contribution in [0.5, 0.6) is 0 Å². The van der Waals surface area contributed by atoms with Crippen molar-refractivity contribution in [2.75, 3.05) is 39.8 Å². The van der Waals surface area contributed by atoms with Gasteiger partial charge < -0.3 is 20.6 Å². The summed E-state index contributed by atoms with van der Waals surface area (Å²) in [5.41, 5.74) is 0. The Balaban J connectivity index is 0.00000312. The van der Waals surface area contributed by atoms with Crippen molar-refractivity contribution < 1.29 is 5.11 Å². The lowest BCUT2D eigenvalue weighted by Gasteiger charge is -2.29. The fraction of sp³-hybridized carbons (Fsp3) is 0.706. The highest BCUT2D eigenvalue weighted by Crippen LogP contribution is 2.26. The molecule has 1 fully saturated rings. The maximum absolute atomic E-state index is 10.2. The minimum absolute atomic E-state index is 0. The van der Waals surface area contributed by atoms with E-state index in [1.807, 2.05) is 13.0 Å². The molecule has 144 valence electrons. The average Bonchev–Trinajstić information content (AvgIpc) is 3.01. The van der Waals surface area contributed by atoms with Crippen molar-refractivity contribution in [3.05, 3.63) is 21.3 Å². The van der Waals surface area contributed by atoms with Crippen LogP contribution in [0.25, 0.3) is 0 Å². The van der Waals surface area contributed by atoms with Crippen LogP contribution in [0, 0.1) is 5.92 Å². The number of aliphatic imine (C=N–C) groups is 1. The van der Waals surface area contributed by atoms with Crippen LogP contribution in [0.3, 0.4) is 0 Å². The van der Waals surface area contributed by atoms with Crippen molar-refractivity contribution in [2.45, 2.75) is 32.3 Å². The molecule has 0 aliphatic carbocycles. The van der Waals surface area contributed by atoms with E-state index in [4.69, 9.17) is 11.6 Å². The normalized spacial score (nSPS) is 17.8. The van der Waals surface area contributed by atoms with Gasteiger partial charge in [-0.2, -0.15) is 0 Å². The summed E-state index contributed by atoms with van der Waals surface area (Å²) >= 11 is 7.31. The molecule has 0 amide bonds. The molecular weight excluding hydrogens is 471 g/mol. The number of guanidine groups is 1. The van der Waals surface area contributed by atoms with Gasteiger partial charge in [-0.1, -0.05) is 11.6 Å². The van der Waals surface area contributed by atoms with E-state index in [9.17, 15) is 5.11 Å². The Morgan fingerprint density at radius 2 is 2.12 bits per heavy atom. The zero-order chi connectivity index (χ0) is 17.4. The molecule has 0 aromatic carbocycles. The number of nitrogens with zero attached hydrogens (tertiary/aromatic N) is 2. The van der Waals surface area contributed by atoms with Crippen LogP contribution in [0.1, 0.15) is 37.2 Å². The first kappa shape index (κ1) is 23.0. The summed E-state index contributed by atoms with van der Waals surface area (Å²) in [5.74, 6) is 1.57. The lowest BCUT2D eigenvalue weighted by atomic mass is 9.94. The topological polar surface area (TPSA) is 59.9 Å². The van der Waals surface area contributed by atoms with Crippen molar-refractivity contribution in [1.29, 1.82) is 0 Å². The van der Waals surface area contributed by atoms with E-state index >= 15 is 0 Å². The molecule has 0 saturated carbocycles. The van der Waals surface area contributed by atoms with E-state index in [0.29, 0.717) is 10.9 Å². The van der Waals surface area contributed by atoms with E-state index in [1.165, 1.54) is 43.7 Å². The maximum atomic E-state index is 10.2. The van der Waals surface area contributed by atoms with Crippen molar-refractivity contribution in [3.63, 3.8) is 0 Å². The monoisotopic (exact) mass is 500 g/mol. The Morgan fingerprint density at radius 1 is 1.40 bits per heavy atom. The van der Waals surface area contributed by atoms with E-state index in [2.05, 4.69) is 27.6 Å². The highest BCUT2D eigenvalue weighted by molar-refractivity contribution is 14.0. The molecule has 0 spiro atoms. The summed E-state index contributed by atoms with van der Waals surface area (Å²) in [5, 5.41) is 16.8. The predicted octanol–water partition coefficient (Wildman–Crippen LogP) is 3.34. The van der Waals surface area contributed by atoms with E-state index < -0.39 is 6.10 Å². The van der Waals surface area contributed by atoms with Gasteiger partial charge in [0.05, 0.1) is 10.9 Å². The van der Waals surface area contributed by atoms with Gasteiger partial charge in [0.15, 0.2) is 5.96 Å². The minimum atomic E-state index is -0.605. The van der Waals surface area contributed by atoms with Gasteiger partial charge in [-0.25, -0.2) is 0 Å². The van der Waals surface area contributed by atoms with Gasteiger partial charge >= 0.3 is 0 Å². The standard InChI is InChI=1S/C17H29ClN4OS.HI/c1-3-19-17(20-9-6-13-7-10-22(2)11-8-13)21-12-14(23)15-4-5-16(18)24-15;/h4-5,13-14,23H,3,6-12H2,1-2H3,(H2,19,20,21);1H. The number of nitrogens with one attached hydrogen (secondary N) is 2. The minimum Gasteiger partial charge on any atom is -0.386 e. The first-order chi connectivity index (χ1) is 11.6. The number of aliphatic hydroxyl groups is 1. The third-order valence-corrected chi connectivity index (χ3v) is 5.70. The van der Waals surface area contributed by atoms with Gasteiger partial charge in [-0.05, 0) is 64.4 Å². The number of rotatable bonds is 7. The third-order valence-electron chi connectivity index (χ3n) is 4.37. The second kappa shape index (κ2) is 12.3. The molecule has 1 aliphatic rings. The van der Waals surface area contributed by atoms with E-state index in [-0.39, 0.29) is 24.0 Å². The van der Waals surface area contributed by atoms with Crippen LogP contribution in [0.2, 0.25) is 4.34 Å². The van der Waals surface area contributed by atoms with Crippen LogP contribution in [-0.4, -0.2) is 55.7 Å². The van der Waals surface area contributed by atoms with E-state index in [0.717, 1.165) is 29.8 Å². The first-order valence-corrected chi connectivity index (χ1v) is 9.92. The van der Waals surface area contributed by atoms with Crippen molar-refractivity contribution >= 4 is 52.9 Å². The van der Waals surface area contributed by atoms with Crippen LogP contribution in [0.4, 0.5) is 0 Å². The summed E-state index contributed by atoms with van der Waals surface area (Å²) in [6.45, 7) is 6.51. The first-order valence-electron chi connectivity index (χ1n) is 8.72. The molecule has 2 heterocycles. The number of hydrogen-bond acceptors (Lipinski definition) is 4. The van der Waals surface area contributed by atoms with Gasteiger partial charge in [0, 0.05) is 18.0 Å². The number of hydrogen-bond donors (Lipinski definition) is 3. The number of thiophene rings is 1. The summed E-state index contributed by atoms with van der Waals surface area (Å²) < 4.78 is 0.691. The molecular formula is C17H30ClIN4OS. The Kier molecular flexibility index (Phi) is 11.3. The van der Waals surface area contributed by atoms with Gasteiger partial charge in [0.2, 0.25) is 0 Å². The zero-order valence-electron chi connectivity index (χ0n) is 15.0. The number of aliphatic hydroxyl groups excluding tert-OH is 1. The highest BCUT2D eigenvalue weighted by Gasteiger charge is 2.16. The molecule has 0 bridgehead atoms. The molecule has 3 N–H and O–H groups in total. The predicted molar refractivity (Wildman–Crippen MR) is 119 cm³/mol. The zero-order valence-corrected chi connectivity index (χ0v) is 18.9. The Hall–Kier alpha value is -0.0900. The molecule has 1 atom stereocenters. The Labute approximate surface area is 177 Å². The molecule has 25 heavy (non-hydrogen) atoms. The van der Waals surface area contributed by atoms with Gasteiger partial charge in [0.25, 0.3) is 0 Å². The van der Waals surface area contributed by atoms with Crippen molar-refractivity contribution in [3.8, 4) is 0 Å². The van der Waals surface area contributed by atoms with Gasteiger partial charge in [-0.15, -0.1) is 35.3 Å². The van der Waals surface area contributed by atoms with Crippen LogP contribution in [-0.2, 0) is 0 Å². The molecule has 1 aliphatic heterocycles. The average molecular weight is 501 g/mol. The number of halogens is 2. The fourth-order valence-electron chi connectivity index (χ4n) is 2.86. The third kappa shape index (κ3) is 8.43. The quantitative estimate of drug-likeness (QED) is 0.305. The highest BCUT2D eigenvalue weighted by atomic mass is 127. The summed E-state index contributed by atoms with van der Waals surface area (Å²) in [6, 6.07) is 3.66. The number of likely N-dealkylation sites (tertiary alicyclic amines) is 1. The summed E-state index contributed by atoms with van der Waals surface area (Å²) in [6.07, 6.45) is 3.13. The molecule has 1 aromatic rings. The fourth-order valence-corrected chi connectivity index (χ4v) is 3.90. The summed E-state index contributed by atoms with van der Waals surface area (Å²) in [4.78, 5) is 7.74. The molecule has 1 saturated heterocycles. The molecule has 0 radical (unpaired) electrons. The Morgan fingerprint density at radius 3 is 2.72 bits per heavy atom. The van der Waals surface area contributed by atoms with Crippen molar-refractivity contribution in [2.24, 2.45) is 10.9 Å². The second-order valence-electron chi connectivity index (χ2n) is 6.34. The van der Waals surface area contributed by atoms with Crippen LogP contribution >= 0.6 is 46.9 Å². The van der Waals surface area contributed by atoms with Gasteiger partial charge in [0.1, 0.15) is 6.10 Å². The lowest BCUT2D eigenvalue weighted by Crippen LogP contribution is -2.39. The molecule has 5 nitrogen and oxygen atoms in total. The lowest BCUT2D eigenvalue weighted by molar-refractivity contribution is 0.191. The second-order valence-corrected chi connectivity index (χ2v) is 8.09. The molecule has 2 rings (SSSR count). The molecule has 1 aromatic heterocycles. The SMILES string of the molecule is CCNC(=NCC(O)c1ccc(Cl)s1)NCCC1CCN(C)CC1.I. The Bertz CT molecular complexity index is 521. The van der Waals surface area contributed by atoms with Gasteiger partial charge in [-0.3, -0.25) is 4.99 Å². The van der Waals surface area contributed by atoms with E-state index in [1.54, 1.807) is 6.07 Å². The largest absolute Gasteiger partial charge is 0.386 e.